The van der Waals surface area contributed by atoms with Gasteiger partial charge in [-0.25, -0.2) is 9.18 Å². The summed E-state index contributed by atoms with van der Waals surface area (Å²) in [7, 11) is 0. The molecule has 2 rings (SSSR count). The zero-order valence-corrected chi connectivity index (χ0v) is 9.12. The van der Waals surface area contributed by atoms with Gasteiger partial charge in [0.2, 0.25) is 0 Å². The lowest BCUT2D eigenvalue weighted by atomic mass is 10.1. The molecule has 0 unspecified atom stereocenters. The van der Waals surface area contributed by atoms with Crippen molar-refractivity contribution in [1.82, 2.24) is 9.55 Å². The van der Waals surface area contributed by atoms with Gasteiger partial charge in [0.15, 0.2) is 12.4 Å². The molecule has 1 aromatic rings. The molecule has 0 radical (unpaired) electrons. The first kappa shape index (κ1) is 12.5. The molecule has 1 aliphatic heterocycles. The first-order valence-corrected chi connectivity index (χ1v) is 5.08. The van der Waals surface area contributed by atoms with Gasteiger partial charge in [-0.15, -0.1) is 0 Å². The normalized spacial score (nSPS) is 31.4. The summed E-state index contributed by atoms with van der Waals surface area (Å²) < 4.78 is 19.6. The Morgan fingerprint density at radius 2 is 2.22 bits per heavy atom. The Kier molecular flexibility index (Phi) is 3.05. The first-order valence-electron chi connectivity index (χ1n) is 5.08. The molecule has 1 aromatic heterocycles. The number of nitrogens with one attached hydrogen (secondary N) is 1. The first-order chi connectivity index (χ1) is 8.41. The number of rotatable bonds is 2. The SMILES string of the molecule is C=C(O)[C@@H]1O[C@@H](n2ccc(=O)[nH]c2=O)[C@@H](F)[C@@H]1O. The zero-order chi connectivity index (χ0) is 13.4. The van der Waals surface area contributed by atoms with Gasteiger partial charge in [0.1, 0.15) is 18.0 Å². The van der Waals surface area contributed by atoms with Crippen LogP contribution in [0.5, 0.6) is 0 Å². The smallest absolute Gasteiger partial charge is 0.330 e. The highest BCUT2D eigenvalue weighted by Crippen LogP contribution is 2.32. The highest BCUT2D eigenvalue weighted by atomic mass is 19.1. The van der Waals surface area contributed by atoms with Gasteiger partial charge < -0.3 is 14.9 Å². The van der Waals surface area contributed by atoms with E-state index in [0.717, 1.165) is 16.8 Å². The zero-order valence-electron chi connectivity index (χ0n) is 9.12. The number of aromatic amines is 1. The molecular weight excluding hydrogens is 247 g/mol. The van der Waals surface area contributed by atoms with Gasteiger partial charge in [-0.05, 0) is 0 Å². The third kappa shape index (κ3) is 1.95. The van der Waals surface area contributed by atoms with Crippen molar-refractivity contribution in [2.45, 2.75) is 24.6 Å². The maximum Gasteiger partial charge on any atom is 0.330 e. The monoisotopic (exact) mass is 258 g/mol. The van der Waals surface area contributed by atoms with Crippen molar-refractivity contribution in [1.29, 1.82) is 0 Å². The summed E-state index contributed by atoms with van der Waals surface area (Å²) in [5.41, 5.74) is -1.50. The van der Waals surface area contributed by atoms with Crippen LogP contribution in [-0.2, 0) is 4.74 Å². The Morgan fingerprint density at radius 1 is 1.56 bits per heavy atom. The number of hydrogen-bond donors (Lipinski definition) is 3. The van der Waals surface area contributed by atoms with Crippen molar-refractivity contribution < 1.29 is 19.3 Å². The van der Waals surface area contributed by atoms with E-state index in [-0.39, 0.29) is 0 Å². The number of ether oxygens (including phenoxy) is 1. The van der Waals surface area contributed by atoms with E-state index in [2.05, 4.69) is 6.58 Å². The van der Waals surface area contributed by atoms with Gasteiger partial charge in [-0.3, -0.25) is 14.3 Å². The van der Waals surface area contributed by atoms with Gasteiger partial charge in [0.05, 0.1) is 0 Å². The van der Waals surface area contributed by atoms with Crippen molar-refractivity contribution in [3.8, 4) is 0 Å². The highest BCUT2D eigenvalue weighted by molar-refractivity contribution is 5.03. The van der Waals surface area contributed by atoms with Crippen molar-refractivity contribution in [2.75, 3.05) is 0 Å². The summed E-state index contributed by atoms with van der Waals surface area (Å²) >= 11 is 0. The van der Waals surface area contributed by atoms with E-state index in [1.807, 2.05) is 4.98 Å². The Bertz CT molecular complexity index is 580. The third-order valence-corrected chi connectivity index (χ3v) is 2.65. The number of halogens is 1. The molecule has 8 heteroatoms. The van der Waals surface area contributed by atoms with Crippen molar-refractivity contribution in [3.05, 3.63) is 45.4 Å². The minimum atomic E-state index is -1.93. The summed E-state index contributed by atoms with van der Waals surface area (Å²) in [6.07, 6.45) is -5.26. The fourth-order valence-corrected chi connectivity index (χ4v) is 1.76. The van der Waals surface area contributed by atoms with Gasteiger partial charge in [-0.1, -0.05) is 6.58 Å². The lowest BCUT2D eigenvalue weighted by Crippen LogP contribution is -2.35. The summed E-state index contributed by atoms with van der Waals surface area (Å²) in [6.45, 7) is 3.15. The summed E-state index contributed by atoms with van der Waals surface area (Å²) in [4.78, 5) is 24.3. The van der Waals surface area contributed by atoms with Crippen molar-refractivity contribution >= 4 is 0 Å². The van der Waals surface area contributed by atoms with Gasteiger partial charge in [-0.2, -0.15) is 0 Å². The van der Waals surface area contributed by atoms with Crippen LogP contribution in [-0.4, -0.2) is 38.1 Å². The van der Waals surface area contributed by atoms with Crippen LogP contribution in [0.15, 0.2) is 34.2 Å². The molecule has 0 spiro atoms. The van der Waals surface area contributed by atoms with E-state index in [1.54, 1.807) is 0 Å². The van der Waals surface area contributed by atoms with Crippen LogP contribution in [0.1, 0.15) is 6.23 Å². The topological polar surface area (TPSA) is 105 Å². The second-order valence-electron chi connectivity index (χ2n) is 3.89. The quantitative estimate of drug-likeness (QED) is 0.603. The van der Waals surface area contributed by atoms with Crippen LogP contribution in [0.3, 0.4) is 0 Å². The lowest BCUT2D eigenvalue weighted by Gasteiger charge is -2.15. The van der Waals surface area contributed by atoms with Crippen LogP contribution < -0.4 is 11.2 Å². The molecule has 0 saturated carbocycles. The van der Waals surface area contributed by atoms with E-state index in [0.29, 0.717) is 0 Å². The Labute approximate surface area is 99.8 Å². The van der Waals surface area contributed by atoms with E-state index < -0.39 is 41.6 Å². The Balaban J connectivity index is 2.38. The number of H-pyrrole nitrogens is 1. The summed E-state index contributed by atoms with van der Waals surface area (Å²) in [5.74, 6) is -0.537. The fourth-order valence-electron chi connectivity index (χ4n) is 1.76. The van der Waals surface area contributed by atoms with Crippen molar-refractivity contribution in [3.63, 3.8) is 0 Å². The number of nitrogens with zero attached hydrogens (tertiary/aromatic N) is 1. The van der Waals surface area contributed by atoms with Crippen LogP contribution in [0.25, 0.3) is 0 Å². The minimum absolute atomic E-state index is 0.537. The molecular formula is C10H11FN2O5. The minimum Gasteiger partial charge on any atom is -0.510 e. The molecule has 0 aromatic carbocycles. The highest BCUT2D eigenvalue weighted by Gasteiger charge is 2.46. The number of alkyl halides is 1. The average molecular weight is 258 g/mol. The molecule has 4 atom stereocenters. The van der Waals surface area contributed by atoms with Crippen LogP contribution in [0, 0.1) is 0 Å². The lowest BCUT2D eigenvalue weighted by molar-refractivity contribution is -0.0256. The van der Waals surface area contributed by atoms with E-state index in [4.69, 9.17) is 9.84 Å². The maximum absolute atomic E-state index is 13.8. The third-order valence-electron chi connectivity index (χ3n) is 2.65. The second-order valence-corrected chi connectivity index (χ2v) is 3.89. The Morgan fingerprint density at radius 3 is 2.72 bits per heavy atom. The standard InChI is InChI=1S/C10H11FN2O5/c1-4(14)8-7(16)6(11)9(18-8)13-3-2-5(15)12-10(13)17/h2-3,6-9,14,16H,1H2,(H,12,15,17)/t6-,7-,8-,9+/m0/s1. The number of aliphatic hydroxyl groups excluding tert-OH is 2. The molecule has 3 N–H and O–H groups in total. The van der Waals surface area contributed by atoms with Crippen LogP contribution >= 0.6 is 0 Å². The molecule has 1 fully saturated rings. The molecule has 98 valence electrons. The second kappa shape index (κ2) is 4.39. The maximum atomic E-state index is 13.8. The van der Waals surface area contributed by atoms with Gasteiger partial charge in [0.25, 0.3) is 5.56 Å². The van der Waals surface area contributed by atoms with E-state index >= 15 is 0 Å². The fraction of sp³-hybridized carbons (Fsp3) is 0.400. The molecule has 1 saturated heterocycles. The number of hydrogen-bond acceptors (Lipinski definition) is 5. The molecule has 7 nitrogen and oxygen atoms in total. The molecule has 2 heterocycles. The summed E-state index contributed by atoms with van der Waals surface area (Å²) in [6, 6.07) is 1.02. The number of aliphatic hydroxyl groups is 2. The van der Waals surface area contributed by atoms with Crippen LogP contribution in [0.4, 0.5) is 4.39 Å². The molecule has 0 bridgehead atoms. The predicted molar refractivity (Wildman–Crippen MR) is 57.9 cm³/mol. The molecule has 1 aliphatic rings. The average Bonchev–Trinajstić information content (AvgIpc) is 2.57. The van der Waals surface area contributed by atoms with Gasteiger partial charge in [0, 0.05) is 12.3 Å². The molecule has 18 heavy (non-hydrogen) atoms. The predicted octanol–water partition coefficient (Wildman–Crippen LogP) is -0.795. The van der Waals surface area contributed by atoms with Crippen LogP contribution in [0.2, 0.25) is 0 Å². The van der Waals surface area contributed by atoms with E-state index in [9.17, 15) is 19.1 Å². The molecule has 0 aliphatic carbocycles. The summed E-state index contributed by atoms with van der Waals surface area (Å²) in [5, 5.41) is 18.6. The molecule has 0 amide bonds. The largest absolute Gasteiger partial charge is 0.510 e. The number of aromatic nitrogens is 2. The Hall–Kier alpha value is -1.93. The van der Waals surface area contributed by atoms with E-state index in [1.165, 1.54) is 0 Å². The van der Waals surface area contributed by atoms with Gasteiger partial charge >= 0.3 is 5.69 Å². The van der Waals surface area contributed by atoms with Crippen molar-refractivity contribution in [2.24, 2.45) is 0 Å².